The molecule has 0 amide bonds. The van der Waals surface area contributed by atoms with Crippen LogP contribution in [0.4, 0.5) is 0 Å². The number of aliphatic hydroxyl groups excluding tert-OH is 2. The van der Waals surface area contributed by atoms with Gasteiger partial charge in [-0.25, -0.2) is 0 Å². The van der Waals surface area contributed by atoms with Gasteiger partial charge in [-0.1, -0.05) is 97.1 Å². The van der Waals surface area contributed by atoms with Gasteiger partial charge in [0.05, 0.1) is 30.9 Å². The first kappa shape index (κ1) is 21.4. The second kappa shape index (κ2) is 9.59. The largest absolute Gasteiger partial charge is 0.391 e. The minimum atomic E-state index is -0.544. The van der Waals surface area contributed by atoms with Crippen molar-refractivity contribution in [2.75, 3.05) is 19.7 Å². The molecule has 0 radical (unpaired) electrons. The van der Waals surface area contributed by atoms with E-state index in [0.717, 1.165) is 22.3 Å². The van der Waals surface area contributed by atoms with Crippen LogP contribution >= 0.6 is 0 Å². The Labute approximate surface area is 193 Å². The Morgan fingerprint density at radius 3 is 2.12 bits per heavy atom. The van der Waals surface area contributed by atoms with Gasteiger partial charge in [0.2, 0.25) is 0 Å². The second-order valence-corrected chi connectivity index (χ2v) is 8.44. The number of rotatable bonds is 8. The maximum Gasteiger partial charge on any atom is 0.121 e. The lowest BCUT2D eigenvalue weighted by Gasteiger charge is -2.17. The lowest BCUT2D eigenvalue weighted by Crippen LogP contribution is -2.87. The summed E-state index contributed by atoms with van der Waals surface area (Å²) in [5.74, 6) is 0. The summed E-state index contributed by atoms with van der Waals surface area (Å²) in [6, 6.07) is 33.8. The number of nitrogens with zero attached hydrogens (tertiary/aromatic N) is 1. The Morgan fingerprint density at radius 1 is 0.727 bits per heavy atom. The highest BCUT2D eigenvalue weighted by Gasteiger charge is 2.23. The molecule has 0 unspecified atom stereocenters. The molecule has 1 heterocycles. The molecule has 4 nitrogen and oxygen atoms in total. The fourth-order valence-electron chi connectivity index (χ4n) is 4.78. The smallest absolute Gasteiger partial charge is 0.121 e. The van der Waals surface area contributed by atoms with Crippen LogP contribution in [-0.4, -0.2) is 40.6 Å². The molecule has 0 saturated heterocycles. The molecule has 0 aliphatic carbocycles. The van der Waals surface area contributed by atoms with Gasteiger partial charge in [-0.05, 0) is 16.5 Å². The molecular weight excluding hydrogens is 408 g/mol. The Kier molecular flexibility index (Phi) is 6.22. The van der Waals surface area contributed by atoms with Crippen molar-refractivity contribution in [1.29, 1.82) is 0 Å². The van der Waals surface area contributed by atoms with E-state index in [1.165, 1.54) is 21.7 Å². The van der Waals surface area contributed by atoms with Crippen molar-refractivity contribution < 1.29 is 15.5 Å². The van der Waals surface area contributed by atoms with E-state index >= 15 is 0 Å². The molecule has 166 valence electrons. The molecule has 0 aliphatic heterocycles. The third-order valence-electron chi connectivity index (χ3n) is 6.22. The third-order valence-corrected chi connectivity index (χ3v) is 6.22. The van der Waals surface area contributed by atoms with Crippen molar-refractivity contribution in [3.05, 3.63) is 97.1 Å². The van der Waals surface area contributed by atoms with Crippen LogP contribution in [0.15, 0.2) is 97.1 Å². The zero-order chi connectivity index (χ0) is 22.6. The zero-order valence-electron chi connectivity index (χ0n) is 18.6. The van der Waals surface area contributed by atoms with Crippen LogP contribution in [0.1, 0.15) is 0 Å². The predicted octanol–water partition coefficient (Wildman–Crippen LogP) is 4.05. The highest BCUT2D eigenvalue weighted by molar-refractivity contribution is 6.15. The maximum atomic E-state index is 11.0. The molecule has 1 atom stereocenters. The highest BCUT2D eigenvalue weighted by Crippen LogP contribution is 2.43. The molecule has 4 aromatic carbocycles. The van der Waals surface area contributed by atoms with E-state index in [2.05, 4.69) is 89.5 Å². The summed E-state index contributed by atoms with van der Waals surface area (Å²) in [5, 5.41) is 25.6. The molecular formula is C29H29N2O2+. The SMILES string of the molecule is OCC[NH2+]C[C@H](O)Cn1c(-c2ccccc2)c(-c2ccccc2)c2ccc3ccccc3c21. The van der Waals surface area contributed by atoms with Gasteiger partial charge in [-0.15, -0.1) is 0 Å². The van der Waals surface area contributed by atoms with Gasteiger partial charge in [0.25, 0.3) is 0 Å². The van der Waals surface area contributed by atoms with Gasteiger partial charge >= 0.3 is 0 Å². The third kappa shape index (κ3) is 4.16. The van der Waals surface area contributed by atoms with Crippen LogP contribution in [-0.2, 0) is 6.54 Å². The van der Waals surface area contributed by atoms with E-state index in [0.29, 0.717) is 19.6 Å². The standard InChI is InChI=1S/C29H28N2O2/c32-18-17-30-19-24(33)20-31-28(23-12-5-2-6-13-23)27(22-10-3-1-4-11-22)26-16-15-21-9-7-8-14-25(21)29(26)31/h1-16,24,30,32-33H,17-20H2/p+1/t24-/m0/s1. The monoisotopic (exact) mass is 437 g/mol. The molecule has 0 aliphatic rings. The number of aromatic nitrogens is 1. The van der Waals surface area contributed by atoms with Crippen LogP contribution < -0.4 is 5.32 Å². The molecule has 5 aromatic rings. The summed E-state index contributed by atoms with van der Waals surface area (Å²) >= 11 is 0. The maximum absolute atomic E-state index is 11.0. The summed E-state index contributed by atoms with van der Waals surface area (Å²) in [6.07, 6.45) is -0.544. The van der Waals surface area contributed by atoms with Crippen molar-refractivity contribution >= 4 is 21.7 Å². The molecule has 4 heteroatoms. The number of quaternary nitrogens is 1. The van der Waals surface area contributed by atoms with Crippen LogP contribution in [0.2, 0.25) is 0 Å². The van der Waals surface area contributed by atoms with Crippen LogP contribution in [0, 0.1) is 0 Å². The summed E-state index contributed by atoms with van der Waals surface area (Å²) in [7, 11) is 0. The van der Waals surface area contributed by atoms with E-state index in [4.69, 9.17) is 5.11 Å². The minimum absolute atomic E-state index is 0.108. The first-order valence-corrected chi connectivity index (χ1v) is 11.5. The van der Waals surface area contributed by atoms with E-state index < -0.39 is 6.10 Å². The molecule has 33 heavy (non-hydrogen) atoms. The number of hydrogen-bond acceptors (Lipinski definition) is 2. The van der Waals surface area contributed by atoms with Gasteiger partial charge in [0.1, 0.15) is 12.6 Å². The molecule has 0 spiro atoms. The van der Waals surface area contributed by atoms with Gasteiger partial charge in [-0.3, -0.25) is 0 Å². The number of fused-ring (bicyclic) bond motifs is 3. The Morgan fingerprint density at radius 2 is 1.39 bits per heavy atom. The molecule has 0 fully saturated rings. The zero-order valence-corrected chi connectivity index (χ0v) is 18.6. The van der Waals surface area contributed by atoms with Crippen molar-refractivity contribution in [3.63, 3.8) is 0 Å². The minimum Gasteiger partial charge on any atom is -0.391 e. The van der Waals surface area contributed by atoms with Gasteiger partial charge in [0, 0.05) is 16.3 Å². The number of hydrogen-bond donors (Lipinski definition) is 3. The fourth-order valence-corrected chi connectivity index (χ4v) is 4.78. The normalized spacial score (nSPS) is 12.4. The fraction of sp³-hybridized carbons (Fsp3) is 0.172. The molecule has 0 bridgehead atoms. The van der Waals surface area contributed by atoms with Crippen LogP contribution in [0.5, 0.6) is 0 Å². The number of aliphatic hydroxyl groups is 2. The van der Waals surface area contributed by atoms with E-state index in [1.54, 1.807) is 0 Å². The summed E-state index contributed by atoms with van der Waals surface area (Å²) in [6.45, 7) is 1.72. The Balaban J connectivity index is 1.82. The predicted molar refractivity (Wildman–Crippen MR) is 135 cm³/mol. The van der Waals surface area contributed by atoms with Gasteiger partial charge < -0.3 is 20.1 Å². The Bertz CT molecular complexity index is 1360. The number of benzene rings is 4. The van der Waals surface area contributed by atoms with Crippen molar-refractivity contribution in [1.82, 2.24) is 4.57 Å². The van der Waals surface area contributed by atoms with Crippen LogP contribution in [0.25, 0.3) is 44.1 Å². The molecule has 0 saturated carbocycles. The lowest BCUT2D eigenvalue weighted by atomic mass is 9.97. The van der Waals surface area contributed by atoms with Crippen LogP contribution in [0.3, 0.4) is 0 Å². The van der Waals surface area contributed by atoms with Crippen molar-refractivity contribution in [2.45, 2.75) is 12.6 Å². The lowest BCUT2D eigenvalue weighted by molar-refractivity contribution is -0.662. The van der Waals surface area contributed by atoms with E-state index in [9.17, 15) is 5.11 Å². The molecule has 1 aromatic heterocycles. The Hall–Kier alpha value is -3.44. The quantitative estimate of drug-likeness (QED) is 0.321. The molecule has 4 N–H and O–H groups in total. The highest BCUT2D eigenvalue weighted by atomic mass is 16.3. The summed E-state index contributed by atoms with van der Waals surface area (Å²) < 4.78 is 2.30. The van der Waals surface area contributed by atoms with Crippen molar-refractivity contribution in [3.8, 4) is 22.4 Å². The molecule has 5 rings (SSSR count). The average Bonchev–Trinajstić information content (AvgIpc) is 3.19. The first-order valence-electron chi connectivity index (χ1n) is 11.5. The van der Waals surface area contributed by atoms with E-state index in [-0.39, 0.29) is 6.61 Å². The first-order chi connectivity index (χ1) is 16.3. The van der Waals surface area contributed by atoms with Gasteiger partial charge in [0.15, 0.2) is 0 Å². The topological polar surface area (TPSA) is 62.0 Å². The van der Waals surface area contributed by atoms with Crippen molar-refractivity contribution in [2.24, 2.45) is 0 Å². The average molecular weight is 438 g/mol. The van der Waals surface area contributed by atoms with Gasteiger partial charge in [-0.2, -0.15) is 0 Å². The summed E-state index contributed by atoms with van der Waals surface area (Å²) in [4.78, 5) is 0. The number of nitrogens with two attached hydrogens (primary N) is 1. The second-order valence-electron chi connectivity index (χ2n) is 8.44. The summed E-state index contributed by atoms with van der Waals surface area (Å²) in [5.41, 5.74) is 5.75. The van der Waals surface area contributed by atoms with E-state index in [1.807, 2.05) is 17.4 Å².